The number of nitrogens with zero attached hydrogens (tertiary/aromatic N) is 2. The van der Waals surface area contributed by atoms with E-state index in [0.29, 0.717) is 23.7 Å². The highest BCUT2D eigenvalue weighted by molar-refractivity contribution is 5.71. The Hall–Kier alpha value is -3.02. The lowest BCUT2D eigenvalue weighted by molar-refractivity contribution is 0.397. The summed E-state index contributed by atoms with van der Waals surface area (Å²) in [6, 6.07) is 13.3. The zero-order valence-corrected chi connectivity index (χ0v) is 13.0. The summed E-state index contributed by atoms with van der Waals surface area (Å²) in [4.78, 5) is 4.56. The summed E-state index contributed by atoms with van der Waals surface area (Å²) >= 11 is 0. The molecule has 6 nitrogen and oxygen atoms in total. The van der Waals surface area contributed by atoms with Crippen molar-refractivity contribution in [1.29, 1.82) is 0 Å². The zero-order valence-electron chi connectivity index (χ0n) is 13.0. The SMILES string of the molecule is COc1cccc(OC)c1-c1n[nH]c(Cc2ccc(N)cc2)n1. The van der Waals surface area contributed by atoms with Gasteiger partial charge in [-0.25, -0.2) is 4.98 Å². The largest absolute Gasteiger partial charge is 0.496 e. The van der Waals surface area contributed by atoms with Gasteiger partial charge in [-0.1, -0.05) is 18.2 Å². The van der Waals surface area contributed by atoms with Gasteiger partial charge in [-0.05, 0) is 29.8 Å². The topological polar surface area (TPSA) is 86.0 Å². The van der Waals surface area contributed by atoms with E-state index in [1.165, 1.54) is 0 Å². The fourth-order valence-electron chi connectivity index (χ4n) is 2.39. The van der Waals surface area contributed by atoms with Crippen molar-refractivity contribution in [3.63, 3.8) is 0 Å². The van der Waals surface area contributed by atoms with Crippen molar-refractivity contribution in [3.8, 4) is 22.9 Å². The highest BCUT2D eigenvalue weighted by Gasteiger charge is 2.17. The van der Waals surface area contributed by atoms with Crippen LogP contribution >= 0.6 is 0 Å². The quantitative estimate of drug-likeness (QED) is 0.708. The van der Waals surface area contributed by atoms with Gasteiger partial charge in [0, 0.05) is 12.1 Å². The van der Waals surface area contributed by atoms with Crippen molar-refractivity contribution in [2.75, 3.05) is 20.0 Å². The summed E-state index contributed by atoms with van der Waals surface area (Å²) in [6.45, 7) is 0. The molecule has 3 rings (SSSR count). The van der Waals surface area contributed by atoms with Crippen molar-refractivity contribution in [1.82, 2.24) is 15.2 Å². The predicted octanol–water partition coefficient (Wildman–Crippen LogP) is 2.66. The van der Waals surface area contributed by atoms with E-state index >= 15 is 0 Å². The Morgan fingerprint density at radius 3 is 2.26 bits per heavy atom. The van der Waals surface area contributed by atoms with E-state index in [-0.39, 0.29) is 0 Å². The maximum atomic E-state index is 5.70. The number of nitrogen functional groups attached to an aromatic ring is 1. The van der Waals surface area contributed by atoms with Crippen LogP contribution in [0.25, 0.3) is 11.4 Å². The van der Waals surface area contributed by atoms with Gasteiger partial charge in [-0.3, -0.25) is 5.10 Å². The molecule has 6 heteroatoms. The molecule has 0 saturated carbocycles. The first-order valence-electron chi connectivity index (χ1n) is 7.18. The minimum absolute atomic E-state index is 0.546. The molecule has 0 bridgehead atoms. The number of H-pyrrole nitrogens is 1. The third-order valence-corrected chi connectivity index (χ3v) is 3.53. The number of anilines is 1. The van der Waals surface area contributed by atoms with E-state index in [4.69, 9.17) is 15.2 Å². The number of rotatable bonds is 5. The molecule has 0 radical (unpaired) electrons. The van der Waals surface area contributed by atoms with Gasteiger partial charge in [0.2, 0.25) is 0 Å². The standard InChI is InChI=1S/C17H18N4O2/c1-22-13-4-3-5-14(23-2)16(13)17-19-15(20-21-17)10-11-6-8-12(18)9-7-11/h3-9H,10,18H2,1-2H3,(H,19,20,21). The molecule has 1 aromatic heterocycles. The maximum absolute atomic E-state index is 5.70. The first kappa shape index (κ1) is 14.9. The van der Waals surface area contributed by atoms with Crippen LogP contribution in [-0.2, 0) is 6.42 Å². The highest BCUT2D eigenvalue weighted by Crippen LogP contribution is 2.36. The van der Waals surface area contributed by atoms with Crippen LogP contribution in [0.1, 0.15) is 11.4 Å². The summed E-state index contributed by atoms with van der Waals surface area (Å²) in [5, 5.41) is 7.26. The van der Waals surface area contributed by atoms with Crippen molar-refractivity contribution in [3.05, 3.63) is 53.9 Å². The minimum atomic E-state index is 0.546. The van der Waals surface area contributed by atoms with Gasteiger partial charge in [-0.15, -0.1) is 0 Å². The van der Waals surface area contributed by atoms with Crippen molar-refractivity contribution in [2.45, 2.75) is 6.42 Å². The van der Waals surface area contributed by atoms with Gasteiger partial charge in [0.15, 0.2) is 5.82 Å². The second-order valence-electron chi connectivity index (χ2n) is 5.06. The molecule has 3 aromatic rings. The number of hydrogen-bond acceptors (Lipinski definition) is 5. The molecule has 0 spiro atoms. The van der Waals surface area contributed by atoms with Crippen LogP contribution in [0.4, 0.5) is 5.69 Å². The molecule has 0 fully saturated rings. The van der Waals surface area contributed by atoms with Crippen LogP contribution in [-0.4, -0.2) is 29.4 Å². The van der Waals surface area contributed by atoms with Crippen LogP contribution in [0.5, 0.6) is 11.5 Å². The predicted molar refractivity (Wildman–Crippen MR) is 88.6 cm³/mol. The Kier molecular flexibility index (Phi) is 4.14. The summed E-state index contributed by atoms with van der Waals surface area (Å²) in [6.07, 6.45) is 0.644. The number of ether oxygens (including phenoxy) is 2. The third-order valence-electron chi connectivity index (χ3n) is 3.53. The van der Waals surface area contributed by atoms with E-state index in [9.17, 15) is 0 Å². The second-order valence-corrected chi connectivity index (χ2v) is 5.06. The molecule has 2 aromatic carbocycles. The van der Waals surface area contributed by atoms with Crippen molar-refractivity contribution in [2.24, 2.45) is 0 Å². The van der Waals surface area contributed by atoms with E-state index in [1.54, 1.807) is 14.2 Å². The fraction of sp³-hybridized carbons (Fsp3) is 0.176. The molecule has 0 aliphatic carbocycles. The number of benzene rings is 2. The first-order chi connectivity index (χ1) is 11.2. The fourth-order valence-corrected chi connectivity index (χ4v) is 2.39. The Morgan fingerprint density at radius 1 is 1.00 bits per heavy atom. The van der Waals surface area contributed by atoms with Gasteiger partial charge in [0.1, 0.15) is 22.9 Å². The lowest BCUT2D eigenvalue weighted by Crippen LogP contribution is -1.95. The molecule has 0 aliphatic heterocycles. The summed E-state index contributed by atoms with van der Waals surface area (Å²) in [7, 11) is 3.22. The number of aromatic amines is 1. The molecular formula is C17H18N4O2. The van der Waals surface area contributed by atoms with Gasteiger partial charge in [-0.2, -0.15) is 5.10 Å². The van der Waals surface area contributed by atoms with Crippen LogP contribution in [0, 0.1) is 0 Å². The first-order valence-corrected chi connectivity index (χ1v) is 7.18. The maximum Gasteiger partial charge on any atom is 0.188 e. The van der Waals surface area contributed by atoms with Gasteiger partial charge >= 0.3 is 0 Å². The molecule has 1 heterocycles. The minimum Gasteiger partial charge on any atom is -0.496 e. The van der Waals surface area contributed by atoms with Crippen LogP contribution in [0.2, 0.25) is 0 Å². The Balaban J connectivity index is 1.91. The summed E-state index contributed by atoms with van der Waals surface area (Å²) in [5.41, 5.74) is 8.28. The van der Waals surface area contributed by atoms with Gasteiger partial charge < -0.3 is 15.2 Å². The van der Waals surface area contributed by atoms with E-state index in [2.05, 4.69) is 15.2 Å². The van der Waals surface area contributed by atoms with Crippen LogP contribution in [0.3, 0.4) is 0 Å². The van der Waals surface area contributed by atoms with Crippen molar-refractivity contribution < 1.29 is 9.47 Å². The molecule has 0 aliphatic rings. The molecule has 0 atom stereocenters. The van der Waals surface area contributed by atoms with Gasteiger partial charge in [0.05, 0.1) is 14.2 Å². The van der Waals surface area contributed by atoms with E-state index in [1.807, 2.05) is 42.5 Å². The lowest BCUT2D eigenvalue weighted by Gasteiger charge is -2.09. The Labute approximate surface area is 134 Å². The number of hydrogen-bond donors (Lipinski definition) is 2. The smallest absolute Gasteiger partial charge is 0.188 e. The number of nitrogens with two attached hydrogens (primary N) is 1. The Bertz CT molecular complexity index is 774. The average Bonchev–Trinajstić information content (AvgIpc) is 3.04. The molecule has 0 saturated heterocycles. The highest BCUT2D eigenvalue weighted by atomic mass is 16.5. The van der Waals surface area contributed by atoms with Crippen molar-refractivity contribution >= 4 is 5.69 Å². The molecular weight excluding hydrogens is 292 g/mol. The molecule has 3 N–H and O–H groups in total. The molecule has 0 unspecified atom stereocenters. The zero-order chi connectivity index (χ0) is 16.2. The summed E-state index contributed by atoms with van der Waals surface area (Å²) in [5.74, 6) is 2.65. The second kappa shape index (κ2) is 6.39. The molecule has 118 valence electrons. The summed E-state index contributed by atoms with van der Waals surface area (Å²) < 4.78 is 10.8. The third kappa shape index (κ3) is 3.11. The number of methoxy groups -OCH3 is 2. The molecule has 0 amide bonds. The van der Waals surface area contributed by atoms with E-state index in [0.717, 1.165) is 22.6 Å². The Morgan fingerprint density at radius 2 is 1.65 bits per heavy atom. The van der Waals surface area contributed by atoms with E-state index < -0.39 is 0 Å². The number of aromatic nitrogens is 3. The van der Waals surface area contributed by atoms with Crippen LogP contribution < -0.4 is 15.2 Å². The molecule has 23 heavy (non-hydrogen) atoms. The normalized spacial score (nSPS) is 10.5. The monoisotopic (exact) mass is 310 g/mol. The van der Waals surface area contributed by atoms with Crippen LogP contribution in [0.15, 0.2) is 42.5 Å². The lowest BCUT2D eigenvalue weighted by atomic mass is 10.1. The number of nitrogens with one attached hydrogen (secondary N) is 1. The average molecular weight is 310 g/mol. The van der Waals surface area contributed by atoms with Gasteiger partial charge in [0.25, 0.3) is 0 Å².